The summed E-state index contributed by atoms with van der Waals surface area (Å²) in [5, 5.41) is 6.87. The Bertz CT molecular complexity index is 660. The van der Waals surface area contributed by atoms with Crippen LogP contribution >= 0.6 is 0 Å². The Balaban J connectivity index is 2.01. The molecule has 0 atom stereocenters. The van der Waals surface area contributed by atoms with Gasteiger partial charge in [-0.1, -0.05) is 0 Å². The van der Waals surface area contributed by atoms with Crippen LogP contribution in [0.3, 0.4) is 0 Å². The van der Waals surface area contributed by atoms with E-state index < -0.39 is 0 Å². The molecule has 0 radical (unpaired) electrons. The second kappa shape index (κ2) is 6.89. The van der Waals surface area contributed by atoms with E-state index in [2.05, 4.69) is 10.4 Å². The highest BCUT2D eigenvalue weighted by Gasteiger charge is 2.11. The molecule has 2 aromatic rings. The minimum absolute atomic E-state index is 0.166. The van der Waals surface area contributed by atoms with E-state index in [-0.39, 0.29) is 18.0 Å². The first kappa shape index (κ1) is 15.8. The number of benzene rings is 1. The molecule has 0 saturated carbocycles. The molecule has 0 aliphatic rings. The fourth-order valence-electron chi connectivity index (χ4n) is 1.83. The number of ether oxygens (including phenoxy) is 1. The Morgan fingerprint density at radius 2 is 1.91 bits per heavy atom. The summed E-state index contributed by atoms with van der Waals surface area (Å²) in [4.78, 5) is 23.8. The third-order valence-corrected chi connectivity index (χ3v) is 2.92. The number of amides is 1. The van der Waals surface area contributed by atoms with Crippen molar-refractivity contribution in [2.45, 2.75) is 33.4 Å². The van der Waals surface area contributed by atoms with Crippen molar-refractivity contribution in [1.82, 2.24) is 9.78 Å². The fourth-order valence-corrected chi connectivity index (χ4v) is 1.83. The van der Waals surface area contributed by atoms with Gasteiger partial charge in [0.2, 0.25) is 0 Å². The van der Waals surface area contributed by atoms with Gasteiger partial charge in [0.05, 0.1) is 11.7 Å². The lowest BCUT2D eigenvalue weighted by atomic mass is 10.2. The molecular weight excluding hydrogens is 282 g/mol. The number of hydrogen-bond donors (Lipinski definition) is 1. The van der Waals surface area contributed by atoms with Crippen LogP contribution in [0.1, 0.15) is 41.6 Å². The molecule has 6 heteroatoms. The Hall–Kier alpha value is -2.63. The third-order valence-electron chi connectivity index (χ3n) is 2.92. The monoisotopic (exact) mass is 301 g/mol. The SMILES string of the molecule is CCn1ccc(C(=O)Nc2ccc(C(=O)OC(C)C)cc2)n1. The van der Waals surface area contributed by atoms with E-state index in [4.69, 9.17) is 4.74 Å². The van der Waals surface area contributed by atoms with Gasteiger partial charge in [0, 0.05) is 18.4 Å². The van der Waals surface area contributed by atoms with Crippen LogP contribution < -0.4 is 5.32 Å². The fraction of sp³-hybridized carbons (Fsp3) is 0.312. The lowest BCUT2D eigenvalue weighted by molar-refractivity contribution is 0.0378. The van der Waals surface area contributed by atoms with Gasteiger partial charge in [-0.3, -0.25) is 9.48 Å². The predicted molar refractivity (Wildman–Crippen MR) is 82.8 cm³/mol. The molecule has 0 aliphatic carbocycles. The van der Waals surface area contributed by atoms with Crippen molar-refractivity contribution in [2.24, 2.45) is 0 Å². The summed E-state index contributed by atoms with van der Waals surface area (Å²) >= 11 is 0. The van der Waals surface area contributed by atoms with E-state index in [9.17, 15) is 9.59 Å². The predicted octanol–water partition coefficient (Wildman–Crippen LogP) is 2.72. The second-order valence-corrected chi connectivity index (χ2v) is 5.04. The quantitative estimate of drug-likeness (QED) is 0.862. The number of carbonyl (C=O) groups excluding carboxylic acids is 2. The van der Waals surface area contributed by atoms with Crippen LogP contribution in [0.25, 0.3) is 0 Å². The van der Waals surface area contributed by atoms with Gasteiger partial charge in [0.25, 0.3) is 5.91 Å². The molecule has 0 unspecified atom stereocenters. The Morgan fingerprint density at radius 1 is 1.23 bits per heavy atom. The first-order valence-electron chi connectivity index (χ1n) is 7.15. The van der Waals surface area contributed by atoms with E-state index in [1.807, 2.05) is 6.92 Å². The van der Waals surface area contributed by atoms with Gasteiger partial charge < -0.3 is 10.1 Å². The topological polar surface area (TPSA) is 73.2 Å². The normalized spacial score (nSPS) is 10.5. The molecule has 1 N–H and O–H groups in total. The maximum absolute atomic E-state index is 12.0. The molecule has 1 amide bonds. The largest absolute Gasteiger partial charge is 0.459 e. The van der Waals surface area contributed by atoms with Crippen LogP contribution in [0.15, 0.2) is 36.5 Å². The smallest absolute Gasteiger partial charge is 0.338 e. The van der Waals surface area contributed by atoms with E-state index in [1.165, 1.54) is 0 Å². The van der Waals surface area contributed by atoms with Crippen molar-refractivity contribution >= 4 is 17.6 Å². The Kier molecular flexibility index (Phi) is 4.93. The lowest BCUT2D eigenvalue weighted by Gasteiger charge is -2.08. The van der Waals surface area contributed by atoms with Crippen molar-refractivity contribution < 1.29 is 14.3 Å². The third kappa shape index (κ3) is 3.94. The molecule has 1 aromatic carbocycles. The van der Waals surface area contributed by atoms with Crippen LogP contribution in [0.4, 0.5) is 5.69 Å². The van der Waals surface area contributed by atoms with Crippen LogP contribution in [-0.4, -0.2) is 27.8 Å². The molecule has 0 aliphatic heterocycles. The number of nitrogens with zero attached hydrogens (tertiary/aromatic N) is 2. The van der Waals surface area contributed by atoms with Crippen LogP contribution in [-0.2, 0) is 11.3 Å². The second-order valence-electron chi connectivity index (χ2n) is 5.04. The Morgan fingerprint density at radius 3 is 2.45 bits per heavy atom. The summed E-state index contributed by atoms with van der Waals surface area (Å²) in [6, 6.07) is 8.21. The Labute approximate surface area is 129 Å². The van der Waals surface area contributed by atoms with Crippen molar-refractivity contribution in [3.63, 3.8) is 0 Å². The number of aromatic nitrogens is 2. The number of anilines is 1. The van der Waals surface area contributed by atoms with Gasteiger partial charge >= 0.3 is 5.97 Å². The summed E-state index contributed by atoms with van der Waals surface area (Å²) in [6.07, 6.45) is 1.58. The number of hydrogen-bond acceptors (Lipinski definition) is 4. The molecule has 0 bridgehead atoms. The zero-order valence-electron chi connectivity index (χ0n) is 12.9. The van der Waals surface area contributed by atoms with Crippen molar-refractivity contribution in [1.29, 1.82) is 0 Å². The van der Waals surface area contributed by atoms with Crippen molar-refractivity contribution in [3.05, 3.63) is 47.8 Å². The van der Waals surface area contributed by atoms with Gasteiger partial charge in [-0.2, -0.15) is 5.10 Å². The standard InChI is InChI=1S/C16H19N3O3/c1-4-19-10-9-14(18-19)15(20)17-13-7-5-12(6-8-13)16(21)22-11(2)3/h5-11H,4H2,1-3H3,(H,17,20). The number of carbonyl (C=O) groups is 2. The van der Waals surface area contributed by atoms with Gasteiger partial charge in [0.15, 0.2) is 5.69 Å². The summed E-state index contributed by atoms with van der Waals surface area (Å²) in [7, 11) is 0. The van der Waals surface area contributed by atoms with Crippen LogP contribution in [0, 0.1) is 0 Å². The molecule has 2 rings (SSSR count). The first-order valence-corrected chi connectivity index (χ1v) is 7.15. The number of esters is 1. The van der Waals surface area contributed by atoms with Gasteiger partial charge in [-0.05, 0) is 51.1 Å². The molecule has 0 fully saturated rings. The average Bonchev–Trinajstić information content (AvgIpc) is 2.96. The lowest BCUT2D eigenvalue weighted by Crippen LogP contribution is -2.14. The molecular formula is C16H19N3O3. The highest BCUT2D eigenvalue weighted by Crippen LogP contribution is 2.12. The van der Waals surface area contributed by atoms with E-state index in [0.29, 0.717) is 23.5 Å². The average molecular weight is 301 g/mol. The molecule has 116 valence electrons. The highest BCUT2D eigenvalue weighted by atomic mass is 16.5. The highest BCUT2D eigenvalue weighted by molar-refractivity contribution is 6.03. The van der Waals surface area contributed by atoms with E-state index >= 15 is 0 Å². The summed E-state index contributed by atoms with van der Waals surface area (Å²) in [6.45, 7) is 6.24. The summed E-state index contributed by atoms with van der Waals surface area (Å²) in [5.41, 5.74) is 1.39. The molecule has 1 aromatic heterocycles. The van der Waals surface area contributed by atoms with Crippen molar-refractivity contribution in [3.8, 4) is 0 Å². The minimum Gasteiger partial charge on any atom is -0.459 e. The van der Waals surface area contributed by atoms with Crippen molar-refractivity contribution in [2.75, 3.05) is 5.32 Å². The van der Waals surface area contributed by atoms with Gasteiger partial charge in [-0.15, -0.1) is 0 Å². The number of aryl methyl sites for hydroxylation is 1. The van der Waals surface area contributed by atoms with Crippen LogP contribution in [0.5, 0.6) is 0 Å². The maximum Gasteiger partial charge on any atom is 0.338 e. The molecule has 0 saturated heterocycles. The zero-order valence-corrected chi connectivity index (χ0v) is 12.9. The first-order chi connectivity index (χ1) is 10.5. The zero-order chi connectivity index (χ0) is 16.1. The molecule has 0 spiro atoms. The molecule has 6 nitrogen and oxygen atoms in total. The summed E-state index contributed by atoms with van der Waals surface area (Å²) < 4.78 is 6.78. The minimum atomic E-state index is -0.380. The van der Waals surface area contributed by atoms with Gasteiger partial charge in [-0.25, -0.2) is 4.79 Å². The number of rotatable bonds is 5. The number of nitrogens with one attached hydrogen (secondary N) is 1. The maximum atomic E-state index is 12.0. The van der Waals surface area contributed by atoms with Gasteiger partial charge in [0.1, 0.15) is 0 Å². The van der Waals surface area contributed by atoms with E-state index in [0.717, 1.165) is 0 Å². The van der Waals surface area contributed by atoms with Crippen LogP contribution in [0.2, 0.25) is 0 Å². The van der Waals surface area contributed by atoms with E-state index in [1.54, 1.807) is 55.1 Å². The molecule has 22 heavy (non-hydrogen) atoms. The molecule has 1 heterocycles. The summed E-state index contributed by atoms with van der Waals surface area (Å²) in [5.74, 6) is -0.667.